The number of hydrogen-bond acceptors (Lipinski definition) is 4. The zero-order chi connectivity index (χ0) is 18.3. The van der Waals surface area contributed by atoms with Gasteiger partial charge in [0.1, 0.15) is 11.5 Å². The van der Waals surface area contributed by atoms with Crippen molar-refractivity contribution in [2.45, 2.75) is 13.3 Å². The van der Waals surface area contributed by atoms with Gasteiger partial charge in [-0.25, -0.2) is 4.39 Å². The third-order valence-corrected chi connectivity index (χ3v) is 4.31. The number of hydrogen-bond donors (Lipinski definition) is 2. The summed E-state index contributed by atoms with van der Waals surface area (Å²) in [4.78, 5) is 19.4. The van der Waals surface area contributed by atoms with Crippen LogP contribution in [0.4, 0.5) is 4.39 Å². The molecule has 4 rings (SSSR count). The van der Waals surface area contributed by atoms with Crippen molar-refractivity contribution >= 4 is 5.65 Å². The van der Waals surface area contributed by atoms with E-state index in [0.29, 0.717) is 22.5 Å². The van der Waals surface area contributed by atoms with Crippen LogP contribution in [0.5, 0.6) is 5.88 Å². The van der Waals surface area contributed by atoms with E-state index in [9.17, 15) is 14.3 Å². The highest BCUT2D eigenvalue weighted by molar-refractivity contribution is 5.79. The number of halogens is 1. The number of nitrogens with one attached hydrogen (secondary N) is 1. The topological polar surface area (TPSA) is 83.3 Å². The molecule has 1 aromatic carbocycles. The van der Waals surface area contributed by atoms with E-state index in [-0.39, 0.29) is 17.9 Å². The molecule has 6 nitrogen and oxygen atoms in total. The summed E-state index contributed by atoms with van der Waals surface area (Å²) in [5.41, 5.74) is 2.36. The van der Waals surface area contributed by atoms with E-state index >= 15 is 0 Å². The van der Waals surface area contributed by atoms with E-state index in [1.807, 2.05) is 6.07 Å². The van der Waals surface area contributed by atoms with Crippen molar-refractivity contribution in [2.24, 2.45) is 0 Å². The van der Waals surface area contributed by atoms with Crippen LogP contribution in [0.2, 0.25) is 0 Å². The zero-order valence-corrected chi connectivity index (χ0v) is 13.9. The van der Waals surface area contributed by atoms with Crippen molar-refractivity contribution in [2.75, 3.05) is 0 Å². The monoisotopic (exact) mass is 350 g/mol. The van der Waals surface area contributed by atoms with Gasteiger partial charge in [0.15, 0.2) is 0 Å². The Morgan fingerprint density at radius 2 is 2.04 bits per heavy atom. The van der Waals surface area contributed by atoms with Crippen molar-refractivity contribution in [3.8, 4) is 17.0 Å². The largest absolute Gasteiger partial charge is 0.493 e. The van der Waals surface area contributed by atoms with E-state index in [2.05, 4.69) is 15.1 Å². The summed E-state index contributed by atoms with van der Waals surface area (Å²) in [7, 11) is 0. The summed E-state index contributed by atoms with van der Waals surface area (Å²) in [5.74, 6) is -0.732. The molecule has 0 atom stereocenters. The number of H-pyrrole nitrogens is 1. The number of pyridine rings is 1. The fourth-order valence-corrected chi connectivity index (χ4v) is 3.06. The molecule has 4 aromatic rings. The van der Waals surface area contributed by atoms with Crippen LogP contribution in [-0.2, 0) is 6.42 Å². The van der Waals surface area contributed by atoms with E-state index in [1.54, 1.807) is 43.6 Å². The van der Waals surface area contributed by atoms with Gasteiger partial charge in [-0.05, 0) is 24.6 Å². The summed E-state index contributed by atoms with van der Waals surface area (Å²) in [5, 5.41) is 14.9. The van der Waals surface area contributed by atoms with Gasteiger partial charge in [0, 0.05) is 29.9 Å². The lowest BCUT2D eigenvalue weighted by Gasteiger charge is -2.07. The number of fused-ring (bicyclic) bond motifs is 1. The Hall–Kier alpha value is -3.48. The lowest BCUT2D eigenvalue weighted by molar-refractivity contribution is 0.427. The number of benzene rings is 1. The quantitative estimate of drug-likeness (QED) is 0.595. The first-order valence-electron chi connectivity index (χ1n) is 8.03. The molecule has 0 unspecified atom stereocenters. The van der Waals surface area contributed by atoms with Crippen LogP contribution in [-0.4, -0.2) is 24.7 Å². The standard InChI is InChI=1S/C19H15FN4O2/c1-11-16(13-6-4-8-21-10-13)17-22-18(25)14(19(26)24(17)23-11)9-12-5-2-3-7-15(12)20/h2-8,10,26H,9H2,1H3,(H,22,25). The van der Waals surface area contributed by atoms with Gasteiger partial charge in [0.05, 0.1) is 11.3 Å². The number of nitrogens with zero attached hydrogens (tertiary/aromatic N) is 3. The van der Waals surface area contributed by atoms with Gasteiger partial charge in [0.25, 0.3) is 5.56 Å². The van der Waals surface area contributed by atoms with Crippen molar-refractivity contribution in [1.29, 1.82) is 0 Å². The number of aromatic amines is 1. The van der Waals surface area contributed by atoms with Crippen molar-refractivity contribution in [3.05, 3.63) is 81.8 Å². The van der Waals surface area contributed by atoms with Crippen molar-refractivity contribution < 1.29 is 9.50 Å². The molecule has 26 heavy (non-hydrogen) atoms. The van der Waals surface area contributed by atoms with Gasteiger partial charge in [-0.15, -0.1) is 0 Å². The molecule has 0 aliphatic carbocycles. The third kappa shape index (κ3) is 2.54. The Labute approximate surface area is 147 Å². The summed E-state index contributed by atoms with van der Waals surface area (Å²) in [6.07, 6.45) is 3.27. The summed E-state index contributed by atoms with van der Waals surface area (Å²) < 4.78 is 15.2. The molecular weight excluding hydrogens is 335 g/mol. The van der Waals surface area contributed by atoms with E-state index in [4.69, 9.17) is 0 Å². The molecule has 0 fully saturated rings. The SMILES string of the molecule is Cc1nn2c(O)c(Cc3ccccc3F)c(=O)[nH]c2c1-c1cccnc1. The van der Waals surface area contributed by atoms with Crippen LogP contribution >= 0.6 is 0 Å². The van der Waals surface area contributed by atoms with Crippen LogP contribution in [0.3, 0.4) is 0 Å². The molecular formula is C19H15FN4O2. The molecule has 0 radical (unpaired) electrons. The maximum absolute atomic E-state index is 13.9. The highest BCUT2D eigenvalue weighted by Gasteiger charge is 2.20. The minimum atomic E-state index is -0.483. The average molecular weight is 350 g/mol. The highest BCUT2D eigenvalue weighted by Crippen LogP contribution is 2.29. The van der Waals surface area contributed by atoms with Gasteiger partial charge in [0.2, 0.25) is 5.88 Å². The second-order valence-electron chi connectivity index (χ2n) is 5.99. The number of aryl methyl sites for hydroxylation is 1. The molecule has 130 valence electrons. The first-order chi connectivity index (χ1) is 12.6. The molecule has 0 saturated carbocycles. The van der Waals surface area contributed by atoms with E-state index in [0.717, 1.165) is 5.56 Å². The molecule has 3 aromatic heterocycles. The lowest BCUT2D eigenvalue weighted by atomic mass is 10.1. The molecule has 0 amide bonds. The van der Waals surface area contributed by atoms with Gasteiger partial charge in [-0.3, -0.25) is 9.78 Å². The second kappa shape index (κ2) is 6.11. The fourth-order valence-electron chi connectivity index (χ4n) is 3.06. The van der Waals surface area contributed by atoms with E-state index in [1.165, 1.54) is 10.6 Å². The minimum absolute atomic E-state index is 0.0368. The summed E-state index contributed by atoms with van der Waals surface area (Å²) >= 11 is 0. The average Bonchev–Trinajstić information content (AvgIpc) is 2.97. The minimum Gasteiger partial charge on any atom is -0.493 e. The number of aromatic hydroxyl groups is 1. The van der Waals surface area contributed by atoms with Gasteiger partial charge in [-0.2, -0.15) is 9.61 Å². The van der Waals surface area contributed by atoms with Crippen LogP contribution in [0.25, 0.3) is 16.8 Å². The normalized spacial score (nSPS) is 11.2. The zero-order valence-electron chi connectivity index (χ0n) is 13.9. The van der Waals surface area contributed by atoms with Crippen molar-refractivity contribution in [1.82, 2.24) is 19.6 Å². The van der Waals surface area contributed by atoms with E-state index < -0.39 is 11.4 Å². The molecule has 0 aliphatic heterocycles. The first kappa shape index (κ1) is 16.0. The van der Waals surface area contributed by atoms with Crippen LogP contribution in [0.15, 0.2) is 53.6 Å². The summed E-state index contributed by atoms with van der Waals surface area (Å²) in [6.45, 7) is 1.78. The molecule has 0 aliphatic rings. The lowest BCUT2D eigenvalue weighted by Crippen LogP contribution is -2.16. The molecule has 7 heteroatoms. The van der Waals surface area contributed by atoms with Crippen LogP contribution < -0.4 is 5.56 Å². The number of aromatic nitrogens is 4. The maximum Gasteiger partial charge on any atom is 0.258 e. The van der Waals surface area contributed by atoms with Crippen LogP contribution in [0.1, 0.15) is 16.8 Å². The van der Waals surface area contributed by atoms with Gasteiger partial charge in [-0.1, -0.05) is 24.3 Å². The summed E-state index contributed by atoms with van der Waals surface area (Å²) in [6, 6.07) is 9.78. The van der Waals surface area contributed by atoms with Gasteiger partial charge < -0.3 is 10.1 Å². The molecule has 0 saturated heterocycles. The molecule has 2 N–H and O–H groups in total. The predicted octanol–water partition coefficient (Wildman–Crippen LogP) is 2.83. The molecule has 3 heterocycles. The smallest absolute Gasteiger partial charge is 0.258 e. The fraction of sp³-hybridized carbons (Fsp3) is 0.105. The van der Waals surface area contributed by atoms with Gasteiger partial charge >= 0.3 is 0 Å². The first-order valence-corrected chi connectivity index (χ1v) is 8.03. The Kier molecular flexibility index (Phi) is 3.76. The second-order valence-corrected chi connectivity index (χ2v) is 5.99. The van der Waals surface area contributed by atoms with Crippen LogP contribution in [0, 0.1) is 12.7 Å². The molecule has 0 spiro atoms. The highest BCUT2D eigenvalue weighted by atomic mass is 19.1. The Bertz CT molecular complexity index is 1170. The third-order valence-electron chi connectivity index (χ3n) is 4.31. The maximum atomic E-state index is 13.9. The van der Waals surface area contributed by atoms with Crippen molar-refractivity contribution in [3.63, 3.8) is 0 Å². The molecule has 0 bridgehead atoms. The number of rotatable bonds is 3. The Morgan fingerprint density at radius 3 is 2.77 bits per heavy atom. The Morgan fingerprint density at radius 1 is 1.23 bits per heavy atom. The predicted molar refractivity (Wildman–Crippen MR) is 94.7 cm³/mol. The Balaban J connectivity index is 1.91.